The van der Waals surface area contributed by atoms with Crippen LogP contribution in [0.4, 0.5) is 0 Å². The maximum absolute atomic E-state index is 12.7. The van der Waals surface area contributed by atoms with Gasteiger partial charge in [0.1, 0.15) is 11.6 Å². The van der Waals surface area contributed by atoms with Crippen LogP contribution in [-0.4, -0.2) is 38.4 Å². The van der Waals surface area contributed by atoms with Crippen LogP contribution in [0, 0.1) is 6.92 Å². The van der Waals surface area contributed by atoms with Gasteiger partial charge in [-0.3, -0.25) is 9.36 Å². The highest BCUT2D eigenvalue weighted by Gasteiger charge is 2.25. The van der Waals surface area contributed by atoms with Crippen molar-refractivity contribution in [1.82, 2.24) is 19.4 Å². The summed E-state index contributed by atoms with van der Waals surface area (Å²) in [5, 5.41) is 0. The molecule has 4 rings (SSSR count). The van der Waals surface area contributed by atoms with E-state index in [1.165, 1.54) is 5.56 Å². The van der Waals surface area contributed by atoms with Gasteiger partial charge in [-0.1, -0.05) is 36.4 Å². The van der Waals surface area contributed by atoms with E-state index in [2.05, 4.69) is 23.2 Å². The van der Waals surface area contributed by atoms with Crippen LogP contribution in [0.3, 0.4) is 0 Å². The molecule has 1 aliphatic heterocycles. The van der Waals surface area contributed by atoms with E-state index in [9.17, 15) is 4.79 Å². The number of piperidine rings is 1. The summed E-state index contributed by atoms with van der Waals surface area (Å²) in [4.78, 5) is 23.9. The van der Waals surface area contributed by atoms with Gasteiger partial charge in [-0.2, -0.15) is 0 Å². The van der Waals surface area contributed by atoms with Gasteiger partial charge in [-0.05, 0) is 43.9 Å². The Balaban J connectivity index is 1.42. The molecule has 3 heterocycles. The first-order valence-electron chi connectivity index (χ1n) is 9.99. The smallest absolute Gasteiger partial charge is 0.222 e. The molecule has 28 heavy (non-hydrogen) atoms. The van der Waals surface area contributed by atoms with Gasteiger partial charge in [0.15, 0.2) is 0 Å². The minimum Gasteiger partial charge on any atom is -0.342 e. The van der Waals surface area contributed by atoms with E-state index in [0.29, 0.717) is 12.3 Å². The van der Waals surface area contributed by atoms with Gasteiger partial charge >= 0.3 is 0 Å². The van der Waals surface area contributed by atoms with E-state index in [4.69, 9.17) is 4.98 Å². The van der Waals surface area contributed by atoms with E-state index in [1.54, 1.807) is 6.20 Å². The third-order valence-corrected chi connectivity index (χ3v) is 5.49. The first kappa shape index (κ1) is 18.4. The minimum atomic E-state index is 0.246. The summed E-state index contributed by atoms with van der Waals surface area (Å²) >= 11 is 0. The molecule has 0 aliphatic carbocycles. The first-order valence-corrected chi connectivity index (χ1v) is 9.99. The summed E-state index contributed by atoms with van der Waals surface area (Å²) in [6.45, 7) is 3.58. The van der Waals surface area contributed by atoms with Crippen molar-refractivity contribution in [3.05, 3.63) is 78.0 Å². The number of likely N-dealkylation sites (tertiary alicyclic amines) is 1. The Morgan fingerprint density at radius 3 is 2.79 bits per heavy atom. The van der Waals surface area contributed by atoms with Gasteiger partial charge in [0.05, 0.1) is 0 Å². The van der Waals surface area contributed by atoms with Crippen LogP contribution >= 0.6 is 0 Å². The monoisotopic (exact) mass is 374 g/mol. The second kappa shape index (κ2) is 8.38. The zero-order chi connectivity index (χ0) is 19.3. The van der Waals surface area contributed by atoms with Gasteiger partial charge in [0.25, 0.3) is 0 Å². The number of imidazole rings is 1. The molecule has 0 spiro atoms. The Kier molecular flexibility index (Phi) is 5.51. The van der Waals surface area contributed by atoms with Crippen molar-refractivity contribution in [3.63, 3.8) is 0 Å². The molecular weight excluding hydrogens is 348 g/mol. The molecule has 1 aromatic carbocycles. The van der Waals surface area contributed by atoms with Crippen molar-refractivity contribution in [2.45, 2.75) is 38.5 Å². The second-order valence-corrected chi connectivity index (χ2v) is 7.43. The third kappa shape index (κ3) is 4.14. The number of pyridine rings is 1. The summed E-state index contributed by atoms with van der Waals surface area (Å²) in [7, 11) is 0. The molecule has 2 aromatic heterocycles. The van der Waals surface area contributed by atoms with Gasteiger partial charge < -0.3 is 4.90 Å². The van der Waals surface area contributed by atoms with Gasteiger partial charge in [0, 0.05) is 43.5 Å². The molecule has 0 radical (unpaired) electrons. The number of hydrogen-bond acceptors (Lipinski definition) is 3. The Bertz CT molecular complexity index is 935. The molecule has 0 N–H and O–H groups in total. The number of carbonyl (C=O) groups is 1. The third-order valence-electron chi connectivity index (χ3n) is 5.49. The predicted octanol–water partition coefficient (Wildman–Crippen LogP) is 3.91. The zero-order valence-electron chi connectivity index (χ0n) is 16.3. The molecule has 1 saturated heterocycles. The summed E-state index contributed by atoms with van der Waals surface area (Å²) in [5.74, 6) is 2.35. The van der Waals surface area contributed by atoms with Crippen molar-refractivity contribution >= 4 is 5.91 Å². The van der Waals surface area contributed by atoms with Gasteiger partial charge in [-0.25, -0.2) is 9.97 Å². The lowest BCUT2D eigenvalue weighted by Crippen LogP contribution is -2.39. The summed E-state index contributed by atoms with van der Waals surface area (Å²) in [6.07, 6.45) is 7.19. The molecule has 1 amide bonds. The minimum absolute atomic E-state index is 0.246. The van der Waals surface area contributed by atoms with Crippen LogP contribution in [0.15, 0.2) is 60.9 Å². The summed E-state index contributed by atoms with van der Waals surface area (Å²) in [5.41, 5.74) is 2.28. The highest BCUT2D eigenvalue weighted by molar-refractivity contribution is 5.76. The molecular formula is C23H26N4O. The predicted molar refractivity (Wildman–Crippen MR) is 109 cm³/mol. The Morgan fingerprint density at radius 1 is 1.14 bits per heavy atom. The van der Waals surface area contributed by atoms with E-state index in [-0.39, 0.29) is 5.91 Å². The highest BCUT2D eigenvalue weighted by atomic mass is 16.2. The number of aromatic nitrogens is 3. The van der Waals surface area contributed by atoms with Crippen LogP contribution in [-0.2, 0) is 11.2 Å². The molecule has 5 heteroatoms. The fourth-order valence-corrected chi connectivity index (χ4v) is 3.92. The Morgan fingerprint density at radius 2 is 2.00 bits per heavy atom. The second-order valence-electron chi connectivity index (χ2n) is 7.43. The van der Waals surface area contributed by atoms with Gasteiger partial charge in [-0.15, -0.1) is 0 Å². The molecule has 5 nitrogen and oxygen atoms in total. The fraction of sp³-hybridized carbons (Fsp3) is 0.348. The zero-order valence-corrected chi connectivity index (χ0v) is 16.3. The summed E-state index contributed by atoms with van der Waals surface area (Å²) in [6, 6.07) is 16.4. The van der Waals surface area contributed by atoms with E-state index in [0.717, 1.165) is 49.7 Å². The molecule has 1 fully saturated rings. The molecule has 3 aromatic rings. The van der Waals surface area contributed by atoms with Crippen LogP contribution in [0.1, 0.15) is 42.3 Å². The normalized spacial score (nSPS) is 16.9. The lowest BCUT2D eigenvalue weighted by Gasteiger charge is -2.32. The van der Waals surface area contributed by atoms with Crippen LogP contribution in [0.25, 0.3) is 5.82 Å². The van der Waals surface area contributed by atoms with Gasteiger partial charge in [0.2, 0.25) is 5.91 Å². The standard InChI is InChI=1S/C23H26N4O/c1-18-24-14-16-27(18)22-11-5-10-21(25-22)20-9-6-15-26(17-20)23(28)13-12-19-7-3-2-4-8-19/h2-5,7-8,10-11,14,16,20H,6,9,12-13,15,17H2,1H3/t20-/m0/s1. The number of hydrogen-bond donors (Lipinski definition) is 0. The Labute approximate surface area is 166 Å². The van der Waals surface area contributed by atoms with Crippen molar-refractivity contribution < 1.29 is 4.79 Å². The molecule has 0 unspecified atom stereocenters. The maximum Gasteiger partial charge on any atom is 0.222 e. The number of rotatable bonds is 5. The number of amides is 1. The fourth-order valence-electron chi connectivity index (χ4n) is 3.92. The molecule has 0 saturated carbocycles. The van der Waals surface area contributed by atoms with Crippen molar-refractivity contribution in [3.8, 4) is 5.82 Å². The average Bonchev–Trinajstić information content (AvgIpc) is 3.19. The van der Waals surface area contributed by atoms with Crippen molar-refractivity contribution in [1.29, 1.82) is 0 Å². The topological polar surface area (TPSA) is 51.0 Å². The maximum atomic E-state index is 12.7. The van der Waals surface area contributed by atoms with E-state index >= 15 is 0 Å². The van der Waals surface area contributed by atoms with Crippen LogP contribution in [0.5, 0.6) is 0 Å². The lowest BCUT2D eigenvalue weighted by atomic mass is 9.94. The SMILES string of the molecule is Cc1nccn1-c1cccc([C@H]2CCCN(C(=O)CCc3ccccc3)C2)n1. The number of aryl methyl sites for hydroxylation is 2. The molecule has 1 aliphatic rings. The Hall–Kier alpha value is -2.95. The molecule has 1 atom stereocenters. The number of carbonyl (C=O) groups excluding carboxylic acids is 1. The lowest BCUT2D eigenvalue weighted by molar-refractivity contribution is -0.132. The quantitative estimate of drug-likeness (QED) is 0.680. The summed E-state index contributed by atoms with van der Waals surface area (Å²) < 4.78 is 2.00. The number of benzene rings is 1. The van der Waals surface area contributed by atoms with Crippen LogP contribution in [0.2, 0.25) is 0 Å². The molecule has 144 valence electrons. The van der Waals surface area contributed by atoms with E-state index < -0.39 is 0 Å². The number of nitrogens with zero attached hydrogens (tertiary/aromatic N) is 4. The average molecular weight is 374 g/mol. The van der Waals surface area contributed by atoms with E-state index in [1.807, 2.05) is 52.9 Å². The molecule has 0 bridgehead atoms. The van der Waals surface area contributed by atoms with Crippen molar-refractivity contribution in [2.75, 3.05) is 13.1 Å². The largest absolute Gasteiger partial charge is 0.342 e. The highest BCUT2D eigenvalue weighted by Crippen LogP contribution is 2.27. The van der Waals surface area contributed by atoms with Crippen LogP contribution < -0.4 is 0 Å². The first-order chi connectivity index (χ1) is 13.7. The van der Waals surface area contributed by atoms with Crippen molar-refractivity contribution in [2.24, 2.45) is 0 Å².